The summed E-state index contributed by atoms with van der Waals surface area (Å²) in [6, 6.07) is 16.2. The van der Waals surface area contributed by atoms with E-state index >= 15 is 0 Å². The van der Waals surface area contributed by atoms with E-state index in [9.17, 15) is 9.90 Å². The number of phenolic OH excluding ortho intramolecular Hbond substituents is 1. The standard InChI is InChI=1S/C23H15BrINO2SeSi/c1-30(14-5-3-2-4-6-14)19-11-13(27)7-8-16(19)26-17-9-10-18(28)21(23(17)30)22-15(25)12-20(24)29-22/h2-12,28H,1H3. The van der Waals surface area contributed by atoms with Crippen molar-refractivity contribution in [3.8, 4) is 15.8 Å². The summed E-state index contributed by atoms with van der Waals surface area (Å²) < 4.78 is 3.45. The predicted octanol–water partition coefficient (Wildman–Crippen LogP) is 4.37. The summed E-state index contributed by atoms with van der Waals surface area (Å²) in [7, 11) is -2.60. The van der Waals surface area contributed by atoms with Crippen molar-refractivity contribution in [1.29, 1.82) is 0 Å². The van der Waals surface area contributed by atoms with E-state index in [0.29, 0.717) is 0 Å². The molecule has 30 heavy (non-hydrogen) atoms. The zero-order valence-corrected chi connectivity index (χ0v) is 22.3. The van der Waals surface area contributed by atoms with E-state index in [1.54, 1.807) is 18.2 Å². The average molecular weight is 651 g/mol. The first-order chi connectivity index (χ1) is 14.4. The molecule has 0 fully saturated rings. The van der Waals surface area contributed by atoms with Crippen LogP contribution in [0, 0.1) is 3.57 Å². The zero-order valence-electron chi connectivity index (χ0n) is 15.8. The summed E-state index contributed by atoms with van der Waals surface area (Å²) >= 11 is 6.08. The van der Waals surface area contributed by atoms with Gasteiger partial charge in [0.15, 0.2) is 0 Å². The van der Waals surface area contributed by atoms with Crippen molar-refractivity contribution in [2.75, 3.05) is 0 Å². The molecule has 148 valence electrons. The number of carbonyl (C=O) groups excluding carboxylic acids is 1. The molecule has 0 saturated carbocycles. The number of allylic oxidation sites excluding steroid dienone is 4. The number of carbonyl (C=O) groups is 1. The first kappa shape index (κ1) is 20.4. The molecule has 5 rings (SSSR count). The Morgan fingerprint density at radius 3 is 2.60 bits per heavy atom. The van der Waals surface area contributed by atoms with Crippen molar-refractivity contribution >= 4 is 88.7 Å². The number of benzene rings is 2. The first-order valence-electron chi connectivity index (χ1n) is 9.30. The zero-order chi connectivity index (χ0) is 21.0. The van der Waals surface area contributed by atoms with Gasteiger partial charge < -0.3 is 0 Å². The van der Waals surface area contributed by atoms with Gasteiger partial charge in [0.1, 0.15) is 0 Å². The third-order valence-electron chi connectivity index (χ3n) is 5.64. The third-order valence-corrected chi connectivity index (χ3v) is 14.8. The number of aliphatic imine (C=N–C) groups is 1. The summed E-state index contributed by atoms with van der Waals surface area (Å²) in [4.78, 5) is 17.3. The Morgan fingerprint density at radius 1 is 1.13 bits per heavy atom. The van der Waals surface area contributed by atoms with Gasteiger partial charge in [-0.25, -0.2) is 0 Å². The Hall–Kier alpha value is -1.51. The van der Waals surface area contributed by atoms with Crippen molar-refractivity contribution in [3.05, 3.63) is 78.9 Å². The number of fused-ring (bicyclic) bond motifs is 2. The topological polar surface area (TPSA) is 49.7 Å². The summed E-state index contributed by atoms with van der Waals surface area (Å²) in [5, 5.41) is 14.4. The Labute approximate surface area is 203 Å². The fourth-order valence-corrected chi connectivity index (χ4v) is 13.6. The van der Waals surface area contributed by atoms with E-state index in [1.807, 2.05) is 30.3 Å². The van der Waals surface area contributed by atoms with E-state index in [-0.39, 0.29) is 26.0 Å². The van der Waals surface area contributed by atoms with Crippen LogP contribution < -0.4 is 10.4 Å². The maximum atomic E-state index is 12.4. The number of ketones is 1. The summed E-state index contributed by atoms with van der Waals surface area (Å²) in [6.07, 6.45) is 5.17. The third kappa shape index (κ3) is 3.10. The van der Waals surface area contributed by atoms with Crippen LogP contribution in [0.5, 0.6) is 5.75 Å². The molecule has 2 aromatic carbocycles. The van der Waals surface area contributed by atoms with E-state index in [4.69, 9.17) is 4.99 Å². The summed E-state index contributed by atoms with van der Waals surface area (Å²) in [5.41, 5.74) is 2.64. The molecule has 0 saturated heterocycles. The van der Waals surface area contributed by atoms with Crippen molar-refractivity contribution < 1.29 is 9.90 Å². The van der Waals surface area contributed by atoms with Crippen LogP contribution >= 0.6 is 38.5 Å². The van der Waals surface area contributed by atoms with Gasteiger partial charge in [-0.3, -0.25) is 0 Å². The molecule has 1 N–H and O–H groups in total. The van der Waals surface area contributed by atoms with Gasteiger partial charge in [0.2, 0.25) is 0 Å². The van der Waals surface area contributed by atoms with Crippen LogP contribution in [0.4, 0.5) is 5.69 Å². The van der Waals surface area contributed by atoms with E-state index in [2.05, 4.69) is 63.3 Å². The van der Waals surface area contributed by atoms with Crippen molar-refractivity contribution in [2.45, 2.75) is 6.55 Å². The molecule has 0 spiro atoms. The molecular weight excluding hydrogens is 636 g/mol. The maximum absolute atomic E-state index is 12.4. The fourth-order valence-electron chi connectivity index (χ4n) is 4.27. The molecule has 3 aromatic rings. The molecule has 1 aliphatic heterocycles. The minimum absolute atomic E-state index is 0.00736. The number of halogens is 2. The molecule has 1 atom stereocenters. The Bertz CT molecular complexity index is 1310. The van der Waals surface area contributed by atoms with Gasteiger partial charge in [-0.05, 0) is 0 Å². The van der Waals surface area contributed by atoms with Crippen LogP contribution in [0.2, 0.25) is 6.55 Å². The van der Waals surface area contributed by atoms with Gasteiger partial charge in [-0.15, -0.1) is 0 Å². The summed E-state index contributed by atoms with van der Waals surface area (Å²) in [6.45, 7) is 2.27. The minimum atomic E-state index is -2.60. The predicted molar refractivity (Wildman–Crippen MR) is 138 cm³/mol. The van der Waals surface area contributed by atoms with Crippen LogP contribution in [0.25, 0.3) is 10.0 Å². The average Bonchev–Trinajstić information content (AvgIpc) is 3.07. The van der Waals surface area contributed by atoms with Crippen LogP contribution in [0.1, 0.15) is 0 Å². The molecule has 2 heterocycles. The van der Waals surface area contributed by atoms with E-state index in [0.717, 1.165) is 38.7 Å². The number of hydrogen-bond acceptors (Lipinski definition) is 3. The normalized spacial score (nSPS) is 19.8. The first-order valence-corrected chi connectivity index (χ1v) is 15.4. The Balaban J connectivity index is 1.94. The van der Waals surface area contributed by atoms with Crippen LogP contribution in [-0.4, -0.2) is 39.2 Å². The molecule has 1 aliphatic carbocycles. The number of aromatic hydroxyl groups is 1. The Kier molecular flexibility index (Phi) is 5.14. The van der Waals surface area contributed by atoms with Crippen molar-refractivity contribution in [1.82, 2.24) is 0 Å². The second kappa shape index (κ2) is 7.57. The molecule has 3 nitrogen and oxygen atoms in total. The molecule has 0 amide bonds. The van der Waals surface area contributed by atoms with Gasteiger partial charge >= 0.3 is 205 Å². The van der Waals surface area contributed by atoms with Gasteiger partial charge in [0, 0.05) is 0 Å². The molecule has 1 aromatic heterocycles. The van der Waals surface area contributed by atoms with Gasteiger partial charge in [0.25, 0.3) is 0 Å². The second-order valence-corrected chi connectivity index (χ2v) is 16.6. The van der Waals surface area contributed by atoms with E-state index in [1.165, 1.54) is 5.19 Å². The van der Waals surface area contributed by atoms with Crippen molar-refractivity contribution in [2.24, 2.45) is 4.99 Å². The fraction of sp³-hybridized carbons (Fsp3) is 0.0435. The molecule has 0 bridgehead atoms. The van der Waals surface area contributed by atoms with Crippen LogP contribution in [-0.2, 0) is 4.79 Å². The summed E-state index contributed by atoms with van der Waals surface area (Å²) in [5.74, 6) is 0.272. The van der Waals surface area contributed by atoms with Gasteiger partial charge in [0.05, 0.1) is 0 Å². The second-order valence-electron chi connectivity index (χ2n) is 7.36. The molecular formula is C23H15BrINO2SeSi. The number of hydrogen-bond donors (Lipinski definition) is 1. The molecule has 0 radical (unpaired) electrons. The Morgan fingerprint density at radius 2 is 1.90 bits per heavy atom. The van der Waals surface area contributed by atoms with Gasteiger partial charge in [-0.1, -0.05) is 0 Å². The monoisotopic (exact) mass is 651 g/mol. The van der Waals surface area contributed by atoms with Crippen LogP contribution in [0.15, 0.2) is 80.3 Å². The van der Waals surface area contributed by atoms with Gasteiger partial charge in [-0.2, -0.15) is 0 Å². The van der Waals surface area contributed by atoms with E-state index < -0.39 is 8.07 Å². The SMILES string of the molecule is C[Si]1(c2ccccc2)C2=CC(=O)C=CC2=Nc2ccc(O)c(-c3[se]c(Br)cc3I)c21. The quantitative estimate of drug-likeness (QED) is 0.255. The molecule has 2 aliphatic rings. The number of phenols is 1. The van der Waals surface area contributed by atoms with Crippen LogP contribution in [0.3, 0.4) is 0 Å². The molecule has 7 heteroatoms. The number of rotatable bonds is 2. The molecule has 1 unspecified atom stereocenters. The van der Waals surface area contributed by atoms with Crippen molar-refractivity contribution in [3.63, 3.8) is 0 Å². The number of nitrogens with zero attached hydrogens (tertiary/aromatic N) is 1.